The first kappa shape index (κ1) is 21.5. The molecule has 0 radical (unpaired) electrons. The Balaban J connectivity index is 1.88. The molecule has 0 aromatic heterocycles. The molecule has 1 N–H and O–H groups in total. The van der Waals surface area contributed by atoms with E-state index in [2.05, 4.69) is 5.32 Å². The van der Waals surface area contributed by atoms with Gasteiger partial charge in [0.2, 0.25) is 10.0 Å². The molecule has 1 amide bonds. The Bertz CT molecular complexity index is 978. The predicted octanol–water partition coefficient (Wildman–Crippen LogP) is 2.08. The second kappa shape index (κ2) is 8.89. The second-order valence-corrected chi connectivity index (χ2v) is 7.93. The number of ether oxygens (including phenoxy) is 1. The number of rotatable bonds is 7. The van der Waals surface area contributed by atoms with Gasteiger partial charge >= 0.3 is 5.97 Å². The van der Waals surface area contributed by atoms with E-state index in [1.807, 2.05) is 0 Å². The lowest BCUT2D eigenvalue weighted by Gasteiger charge is -2.16. The number of aryl methyl sites for hydroxylation is 1. The predicted molar refractivity (Wildman–Crippen MR) is 96.9 cm³/mol. The highest BCUT2D eigenvalue weighted by Gasteiger charge is 2.24. The summed E-state index contributed by atoms with van der Waals surface area (Å²) in [4.78, 5) is 23.4. The zero-order valence-corrected chi connectivity index (χ0v) is 15.9. The minimum Gasteiger partial charge on any atom is -0.455 e. The van der Waals surface area contributed by atoms with E-state index in [1.54, 1.807) is 6.92 Å². The lowest BCUT2D eigenvalue weighted by Crippen LogP contribution is -2.34. The molecule has 0 aliphatic carbocycles. The van der Waals surface area contributed by atoms with Crippen LogP contribution in [0.2, 0.25) is 0 Å². The summed E-state index contributed by atoms with van der Waals surface area (Å²) in [6.07, 6.45) is 0. The summed E-state index contributed by atoms with van der Waals surface area (Å²) in [6, 6.07) is 8.20. The Labute approximate surface area is 161 Å². The summed E-state index contributed by atoms with van der Waals surface area (Å²) in [7, 11) is -2.88. The minimum absolute atomic E-state index is 0.191. The van der Waals surface area contributed by atoms with Crippen LogP contribution in [0.1, 0.15) is 5.56 Å². The maximum absolute atomic E-state index is 13.4. The van der Waals surface area contributed by atoms with Crippen LogP contribution in [0.3, 0.4) is 0 Å². The van der Waals surface area contributed by atoms with E-state index in [9.17, 15) is 26.8 Å². The molecule has 0 aliphatic heterocycles. The maximum atomic E-state index is 13.4. The summed E-state index contributed by atoms with van der Waals surface area (Å²) < 4.78 is 56.4. The van der Waals surface area contributed by atoms with Crippen molar-refractivity contribution in [2.45, 2.75) is 11.8 Å². The molecular formula is C18H18F2N2O5S. The van der Waals surface area contributed by atoms with E-state index < -0.39 is 46.7 Å². The SMILES string of the molecule is Cc1ccc(NC(=O)COC(=O)CN(C)S(=O)(=O)c2ccc(F)cc2)cc1F. The van der Waals surface area contributed by atoms with Gasteiger partial charge in [-0.05, 0) is 48.9 Å². The zero-order chi connectivity index (χ0) is 20.9. The highest BCUT2D eigenvalue weighted by Crippen LogP contribution is 2.15. The van der Waals surface area contributed by atoms with Gasteiger partial charge in [-0.15, -0.1) is 0 Å². The minimum atomic E-state index is -4.02. The number of sulfonamides is 1. The van der Waals surface area contributed by atoms with Crippen LogP contribution in [-0.2, 0) is 24.3 Å². The van der Waals surface area contributed by atoms with Gasteiger partial charge in [-0.25, -0.2) is 17.2 Å². The van der Waals surface area contributed by atoms with Crippen LogP contribution in [0.5, 0.6) is 0 Å². The number of nitrogens with zero attached hydrogens (tertiary/aromatic N) is 1. The van der Waals surface area contributed by atoms with Crippen LogP contribution in [0.15, 0.2) is 47.4 Å². The Hall–Kier alpha value is -2.85. The molecule has 28 heavy (non-hydrogen) atoms. The van der Waals surface area contributed by atoms with Crippen molar-refractivity contribution >= 4 is 27.6 Å². The fraction of sp³-hybridized carbons (Fsp3) is 0.222. The van der Waals surface area contributed by atoms with Gasteiger partial charge in [-0.2, -0.15) is 4.31 Å². The van der Waals surface area contributed by atoms with E-state index >= 15 is 0 Å². The molecule has 0 heterocycles. The number of halogens is 2. The molecule has 0 unspecified atom stereocenters. The quantitative estimate of drug-likeness (QED) is 0.703. The molecule has 150 valence electrons. The third-order valence-electron chi connectivity index (χ3n) is 3.69. The van der Waals surface area contributed by atoms with Gasteiger partial charge in [0.05, 0.1) is 4.90 Å². The molecule has 0 saturated carbocycles. The van der Waals surface area contributed by atoms with E-state index in [-0.39, 0.29) is 10.6 Å². The summed E-state index contributed by atoms with van der Waals surface area (Å²) in [5.41, 5.74) is 0.606. The first-order valence-electron chi connectivity index (χ1n) is 8.03. The van der Waals surface area contributed by atoms with Gasteiger partial charge in [0.15, 0.2) is 6.61 Å². The van der Waals surface area contributed by atoms with Crippen molar-refractivity contribution in [1.82, 2.24) is 4.31 Å². The van der Waals surface area contributed by atoms with Gasteiger partial charge in [0.1, 0.15) is 18.2 Å². The molecule has 10 heteroatoms. The van der Waals surface area contributed by atoms with Crippen LogP contribution in [0.4, 0.5) is 14.5 Å². The van der Waals surface area contributed by atoms with Crippen molar-refractivity contribution in [1.29, 1.82) is 0 Å². The highest BCUT2D eigenvalue weighted by atomic mass is 32.2. The third kappa shape index (κ3) is 5.57. The molecule has 0 atom stereocenters. The number of hydrogen-bond acceptors (Lipinski definition) is 5. The molecule has 0 saturated heterocycles. The number of nitrogens with one attached hydrogen (secondary N) is 1. The molecule has 0 spiro atoms. The first-order valence-corrected chi connectivity index (χ1v) is 9.47. The monoisotopic (exact) mass is 412 g/mol. The lowest BCUT2D eigenvalue weighted by atomic mass is 10.2. The van der Waals surface area contributed by atoms with Crippen LogP contribution >= 0.6 is 0 Å². The van der Waals surface area contributed by atoms with Crippen molar-refractivity contribution in [3.8, 4) is 0 Å². The fourth-order valence-corrected chi connectivity index (χ4v) is 3.23. The molecule has 2 rings (SSSR count). The number of likely N-dealkylation sites (N-methyl/N-ethyl adjacent to an activating group) is 1. The normalized spacial score (nSPS) is 11.3. The first-order chi connectivity index (χ1) is 13.1. The number of amides is 1. The molecule has 7 nitrogen and oxygen atoms in total. The Morgan fingerprint density at radius 3 is 2.36 bits per heavy atom. The number of carbonyl (C=O) groups is 2. The Morgan fingerprint density at radius 2 is 1.75 bits per heavy atom. The van der Waals surface area contributed by atoms with Crippen LogP contribution in [-0.4, -0.2) is 44.8 Å². The average Bonchev–Trinajstić information content (AvgIpc) is 2.63. The summed E-state index contributed by atoms with van der Waals surface area (Å²) in [5.74, 6) is -2.76. The van der Waals surface area contributed by atoms with E-state index in [4.69, 9.17) is 4.74 Å². The van der Waals surface area contributed by atoms with Crippen LogP contribution < -0.4 is 5.32 Å². The van der Waals surface area contributed by atoms with Gasteiger partial charge in [0.25, 0.3) is 5.91 Å². The largest absolute Gasteiger partial charge is 0.455 e. The summed E-state index contributed by atoms with van der Waals surface area (Å²) >= 11 is 0. The standard InChI is InChI=1S/C18H18F2N2O5S/c1-12-3-6-14(9-16(12)20)21-17(23)11-27-18(24)10-22(2)28(25,26)15-7-4-13(19)5-8-15/h3-9H,10-11H2,1-2H3,(H,21,23). The summed E-state index contributed by atoms with van der Waals surface area (Å²) in [6.45, 7) is 0.254. The molecule has 0 aliphatic rings. The zero-order valence-electron chi connectivity index (χ0n) is 15.1. The molecular weight excluding hydrogens is 394 g/mol. The molecule has 0 fully saturated rings. The molecule has 0 bridgehead atoms. The average molecular weight is 412 g/mol. The van der Waals surface area contributed by atoms with Crippen LogP contribution in [0, 0.1) is 18.6 Å². The second-order valence-electron chi connectivity index (χ2n) is 5.89. The van der Waals surface area contributed by atoms with E-state index in [1.165, 1.54) is 12.1 Å². The number of carbonyl (C=O) groups excluding carboxylic acids is 2. The smallest absolute Gasteiger partial charge is 0.321 e. The van der Waals surface area contributed by atoms with Gasteiger partial charge in [-0.1, -0.05) is 6.07 Å². The number of benzene rings is 2. The van der Waals surface area contributed by atoms with E-state index in [0.717, 1.165) is 41.7 Å². The third-order valence-corrected chi connectivity index (χ3v) is 5.51. The lowest BCUT2D eigenvalue weighted by molar-refractivity contribution is -0.147. The van der Waals surface area contributed by atoms with Crippen molar-refractivity contribution < 1.29 is 31.5 Å². The summed E-state index contributed by atoms with van der Waals surface area (Å²) in [5, 5.41) is 2.36. The van der Waals surface area contributed by atoms with Crippen molar-refractivity contribution in [2.24, 2.45) is 0 Å². The fourth-order valence-electron chi connectivity index (χ4n) is 2.11. The Morgan fingerprint density at radius 1 is 1.11 bits per heavy atom. The van der Waals surface area contributed by atoms with Gasteiger partial charge in [-0.3, -0.25) is 9.59 Å². The van der Waals surface area contributed by atoms with Gasteiger partial charge < -0.3 is 10.1 Å². The number of hydrogen-bond donors (Lipinski definition) is 1. The molecule has 2 aromatic rings. The maximum Gasteiger partial charge on any atom is 0.321 e. The van der Waals surface area contributed by atoms with Gasteiger partial charge in [0, 0.05) is 12.7 Å². The van der Waals surface area contributed by atoms with E-state index in [0.29, 0.717) is 5.56 Å². The van der Waals surface area contributed by atoms with Crippen molar-refractivity contribution in [2.75, 3.05) is 25.5 Å². The number of esters is 1. The number of anilines is 1. The topological polar surface area (TPSA) is 92.8 Å². The highest BCUT2D eigenvalue weighted by molar-refractivity contribution is 7.89. The Kier molecular flexibility index (Phi) is 6.81. The molecule has 2 aromatic carbocycles. The van der Waals surface area contributed by atoms with Crippen molar-refractivity contribution in [3.63, 3.8) is 0 Å². The van der Waals surface area contributed by atoms with Crippen LogP contribution in [0.25, 0.3) is 0 Å². The van der Waals surface area contributed by atoms with Crippen molar-refractivity contribution in [3.05, 3.63) is 59.7 Å².